The van der Waals surface area contributed by atoms with Gasteiger partial charge in [-0.05, 0) is 90.7 Å². The van der Waals surface area contributed by atoms with E-state index in [1.807, 2.05) is 6.08 Å². The maximum atomic E-state index is 14.0. The molecule has 5 rings (SSSR count). The van der Waals surface area contributed by atoms with E-state index in [-0.39, 0.29) is 27.9 Å². The normalized spacial score (nSPS) is 11.6. The average molecular weight is 665 g/mol. The van der Waals surface area contributed by atoms with Crippen molar-refractivity contribution in [3.05, 3.63) is 117 Å². The molecule has 12 heteroatoms. The zero-order valence-corrected chi connectivity index (χ0v) is 26.0. The van der Waals surface area contributed by atoms with E-state index in [0.29, 0.717) is 38.7 Å². The number of nitrogens with one attached hydrogen (secondary N) is 1. The third-order valence-electron chi connectivity index (χ3n) is 6.67. The number of carboxylic acids is 1. The van der Waals surface area contributed by atoms with Gasteiger partial charge in [0.2, 0.25) is 0 Å². The number of hydrogen-bond donors (Lipinski definition) is 2. The molecule has 0 unspecified atom stereocenters. The Morgan fingerprint density at radius 3 is 2.47 bits per heavy atom. The van der Waals surface area contributed by atoms with Gasteiger partial charge >= 0.3 is 5.97 Å². The third-order valence-corrected chi connectivity index (χ3v) is 9.78. The molecule has 230 valence electrons. The number of aliphatic carboxylic acids is 1. The van der Waals surface area contributed by atoms with E-state index in [1.165, 1.54) is 41.7 Å². The number of thiazole rings is 1. The number of fused-ring (bicyclic) bond motifs is 1. The number of halogens is 2. The molecule has 0 spiro atoms. The summed E-state index contributed by atoms with van der Waals surface area (Å²) < 4.78 is 45.2. The molecule has 4 aromatic carbocycles. The molecule has 0 aliphatic rings. The Hall–Kier alpha value is -4.58. The number of nitrogens with zero attached hydrogens (tertiary/aromatic N) is 1. The number of hydrogen-bond acceptors (Lipinski definition) is 7. The number of aromatic nitrogens is 1. The quantitative estimate of drug-likeness (QED) is 0.143. The number of carboxylic acid groups (broad SMARTS) is 1. The van der Waals surface area contributed by atoms with E-state index in [9.17, 15) is 22.4 Å². The lowest BCUT2D eigenvalue weighted by Gasteiger charge is -2.14. The fourth-order valence-electron chi connectivity index (χ4n) is 4.43. The van der Waals surface area contributed by atoms with Gasteiger partial charge in [0.15, 0.2) is 16.4 Å². The minimum absolute atomic E-state index is 0.0930. The molecule has 0 radical (unpaired) electrons. The van der Waals surface area contributed by atoms with Crippen LogP contribution in [0.15, 0.2) is 89.8 Å². The number of sulfone groups is 1. The molecule has 8 nitrogen and oxygen atoms in total. The van der Waals surface area contributed by atoms with Gasteiger partial charge in [-0.3, -0.25) is 4.79 Å². The summed E-state index contributed by atoms with van der Waals surface area (Å²) in [5, 5.41) is 12.9. The number of carbonyl (C=O) groups is 2. The Bertz CT molecular complexity index is 1990. The summed E-state index contributed by atoms with van der Waals surface area (Å²) in [6.07, 6.45) is 4.29. The van der Waals surface area contributed by atoms with Crippen LogP contribution in [0.25, 0.3) is 22.4 Å². The first kappa shape index (κ1) is 31.8. The maximum Gasteiger partial charge on any atom is 0.341 e. The molecule has 0 aliphatic carbocycles. The predicted octanol–water partition coefficient (Wildman–Crippen LogP) is 7.38. The summed E-state index contributed by atoms with van der Waals surface area (Å²) in [4.78, 5) is 28.8. The molecule has 0 bridgehead atoms. The molecule has 0 saturated heterocycles. The molecule has 5 aromatic rings. The number of rotatable bonds is 12. The monoisotopic (exact) mass is 664 g/mol. The van der Waals surface area contributed by atoms with Crippen LogP contribution in [0.1, 0.15) is 32.9 Å². The highest BCUT2D eigenvalue weighted by molar-refractivity contribution is 7.91. The van der Waals surface area contributed by atoms with Crippen LogP contribution in [0.3, 0.4) is 0 Å². The highest BCUT2D eigenvalue weighted by Crippen LogP contribution is 2.29. The minimum atomic E-state index is -3.51. The number of anilines is 1. The van der Waals surface area contributed by atoms with Crippen molar-refractivity contribution in [2.24, 2.45) is 0 Å². The van der Waals surface area contributed by atoms with Crippen LogP contribution in [-0.4, -0.2) is 42.7 Å². The zero-order chi connectivity index (χ0) is 32.0. The molecular weight excluding hydrogens is 639 g/mol. The largest absolute Gasteiger partial charge is 0.480 e. The van der Waals surface area contributed by atoms with Crippen LogP contribution >= 0.6 is 22.9 Å². The van der Waals surface area contributed by atoms with E-state index in [4.69, 9.17) is 21.4 Å². The van der Waals surface area contributed by atoms with Gasteiger partial charge in [-0.1, -0.05) is 41.9 Å². The van der Waals surface area contributed by atoms with Crippen LogP contribution < -0.4 is 10.1 Å². The Morgan fingerprint density at radius 1 is 1.00 bits per heavy atom. The molecule has 0 atom stereocenters. The number of ether oxygens (including phenoxy) is 1. The van der Waals surface area contributed by atoms with Crippen LogP contribution in [-0.2, 0) is 21.1 Å². The van der Waals surface area contributed by atoms with Crippen LogP contribution in [0.5, 0.6) is 5.75 Å². The maximum absolute atomic E-state index is 14.0. The lowest BCUT2D eigenvalue weighted by molar-refractivity contribution is -0.139. The summed E-state index contributed by atoms with van der Waals surface area (Å²) in [5.41, 5.74) is 2.72. The first-order valence-electron chi connectivity index (χ1n) is 13.7. The summed E-state index contributed by atoms with van der Waals surface area (Å²) in [7, 11) is -3.51. The van der Waals surface area contributed by atoms with Gasteiger partial charge in [0.25, 0.3) is 5.91 Å². The lowest BCUT2D eigenvalue weighted by Crippen LogP contribution is -2.15. The van der Waals surface area contributed by atoms with E-state index < -0.39 is 28.3 Å². The highest BCUT2D eigenvalue weighted by atomic mass is 35.5. The minimum Gasteiger partial charge on any atom is -0.480 e. The second-order valence-electron chi connectivity index (χ2n) is 9.94. The van der Waals surface area contributed by atoms with Crippen molar-refractivity contribution in [3.8, 4) is 5.75 Å². The summed E-state index contributed by atoms with van der Waals surface area (Å²) in [5.74, 6) is -1.87. The van der Waals surface area contributed by atoms with Crippen LogP contribution in [0, 0.1) is 5.82 Å². The van der Waals surface area contributed by atoms with Crippen molar-refractivity contribution in [3.63, 3.8) is 0 Å². The Labute approximate surface area is 267 Å². The fourth-order valence-corrected chi connectivity index (χ4v) is 6.74. The van der Waals surface area contributed by atoms with E-state index in [1.54, 1.807) is 60.7 Å². The van der Waals surface area contributed by atoms with Gasteiger partial charge in [-0.2, -0.15) is 0 Å². The summed E-state index contributed by atoms with van der Waals surface area (Å²) in [6, 6.07) is 22.4. The Kier molecular flexibility index (Phi) is 9.92. The van der Waals surface area contributed by atoms with E-state index >= 15 is 0 Å². The third kappa shape index (κ3) is 8.33. The first-order chi connectivity index (χ1) is 21.6. The highest BCUT2D eigenvalue weighted by Gasteiger charge is 2.16. The smallest absolute Gasteiger partial charge is 0.341 e. The van der Waals surface area contributed by atoms with Gasteiger partial charge in [0.1, 0.15) is 16.6 Å². The van der Waals surface area contributed by atoms with Gasteiger partial charge in [-0.15, -0.1) is 11.3 Å². The summed E-state index contributed by atoms with van der Waals surface area (Å²) >= 11 is 7.11. The predicted molar refractivity (Wildman–Crippen MR) is 174 cm³/mol. The molecule has 1 amide bonds. The number of amides is 1. The van der Waals surface area contributed by atoms with Crippen molar-refractivity contribution in [1.82, 2.24) is 4.98 Å². The first-order valence-corrected chi connectivity index (χ1v) is 16.5. The van der Waals surface area contributed by atoms with Gasteiger partial charge in [-0.25, -0.2) is 22.6 Å². The topological polar surface area (TPSA) is 123 Å². The van der Waals surface area contributed by atoms with Crippen molar-refractivity contribution in [2.45, 2.75) is 17.7 Å². The molecular formula is C33H26ClFN2O6S2. The van der Waals surface area contributed by atoms with E-state index in [2.05, 4.69) is 10.3 Å². The zero-order valence-electron chi connectivity index (χ0n) is 23.6. The second kappa shape index (κ2) is 14.0. The lowest BCUT2D eigenvalue weighted by atomic mass is 10.1. The average Bonchev–Trinajstić information content (AvgIpc) is 3.44. The second-order valence-corrected chi connectivity index (χ2v) is 13.5. The molecule has 0 saturated carbocycles. The van der Waals surface area contributed by atoms with Crippen LogP contribution in [0.4, 0.5) is 10.1 Å². The van der Waals surface area contributed by atoms with Crippen molar-refractivity contribution in [2.75, 3.05) is 17.7 Å². The molecule has 1 aromatic heterocycles. The van der Waals surface area contributed by atoms with Gasteiger partial charge in [0, 0.05) is 10.6 Å². The Morgan fingerprint density at radius 2 is 1.76 bits per heavy atom. The van der Waals surface area contributed by atoms with Crippen molar-refractivity contribution in [1.29, 1.82) is 0 Å². The summed E-state index contributed by atoms with van der Waals surface area (Å²) in [6.45, 7) is -0.607. The van der Waals surface area contributed by atoms with Crippen LogP contribution in [0.2, 0.25) is 5.02 Å². The van der Waals surface area contributed by atoms with E-state index in [0.717, 1.165) is 11.1 Å². The molecule has 45 heavy (non-hydrogen) atoms. The van der Waals surface area contributed by atoms with Gasteiger partial charge in [0.05, 0.1) is 26.6 Å². The van der Waals surface area contributed by atoms with Gasteiger partial charge < -0.3 is 15.2 Å². The number of aryl methyl sites for hydroxylation is 1. The fraction of sp³-hybridized carbons (Fsp3) is 0.121. The van der Waals surface area contributed by atoms with Crippen molar-refractivity contribution < 1.29 is 32.2 Å². The molecule has 2 N–H and O–H groups in total. The SMILES string of the molecule is O=C(O)COc1ccc(CCCS(=O)(=O)c2ccc(Cl)cc2)cc1NC(=O)c1ccc(C=Cc2nc3cccc(F)c3s2)cc1. The molecule has 0 aliphatic heterocycles. The molecule has 0 fully saturated rings. The number of benzene rings is 4. The number of carbonyl (C=O) groups excluding carboxylic acids is 1. The standard InChI is InChI=1S/C33H26ClFN2O6S2/c34-24-12-14-25(15-13-24)45(41,42)18-2-3-22-8-16-29(43-20-31(38)39)28(19-22)37-33(40)23-10-6-21(7-11-23)9-17-30-36-27-5-1-4-26(35)32(27)44-30/h1,4-17,19H,2-3,18,20H2,(H,37,40)(H,38,39). The van der Waals surface area contributed by atoms with Crippen molar-refractivity contribution >= 4 is 72.7 Å². The molecule has 1 heterocycles. The Balaban J connectivity index is 1.26.